The van der Waals surface area contributed by atoms with Crippen LogP contribution in [0.15, 0.2) is 55.3 Å². The predicted octanol–water partition coefficient (Wildman–Crippen LogP) is 0.374. The zero-order valence-corrected chi connectivity index (χ0v) is 10.6. The predicted molar refractivity (Wildman–Crippen MR) is 71.3 cm³/mol. The fourth-order valence-corrected chi connectivity index (χ4v) is 2.00. The maximum absolute atomic E-state index is 4.25. The average molecular weight is 257 g/mol. The van der Waals surface area contributed by atoms with Crippen LogP contribution >= 0.6 is 0 Å². The molecule has 0 amide bonds. The number of rotatable bonds is 5. The van der Waals surface area contributed by atoms with Gasteiger partial charge in [0, 0.05) is 37.3 Å². The third-order valence-corrected chi connectivity index (χ3v) is 2.96. The topological polar surface area (TPSA) is 52.8 Å². The molecule has 0 saturated carbocycles. The Morgan fingerprint density at radius 3 is 3.11 bits per heavy atom. The molecule has 1 aliphatic rings. The van der Waals surface area contributed by atoms with Crippen LogP contribution in [0.4, 0.5) is 0 Å². The maximum Gasteiger partial charge on any atom is 0.231 e. The van der Waals surface area contributed by atoms with Gasteiger partial charge in [-0.25, -0.2) is 5.43 Å². The van der Waals surface area contributed by atoms with E-state index >= 15 is 0 Å². The van der Waals surface area contributed by atoms with E-state index < -0.39 is 0 Å². The fraction of sp³-hybridized carbons (Fsp3) is 0.231. The second kappa shape index (κ2) is 5.53. The van der Waals surface area contributed by atoms with E-state index in [2.05, 4.69) is 39.0 Å². The summed E-state index contributed by atoms with van der Waals surface area (Å²) in [6.07, 6.45) is 14.0. The van der Waals surface area contributed by atoms with Gasteiger partial charge in [0.2, 0.25) is 11.9 Å². The van der Waals surface area contributed by atoms with Gasteiger partial charge in [-0.15, -0.1) is 0 Å². The molecular formula is C13H17N6+. The summed E-state index contributed by atoms with van der Waals surface area (Å²) in [7, 11) is 0. The molecule has 0 saturated heterocycles. The second-order valence-corrected chi connectivity index (χ2v) is 4.31. The first-order chi connectivity index (χ1) is 9.42. The molecule has 6 nitrogen and oxygen atoms in total. The first-order valence-corrected chi connectivity index (χ1v) is 6.30. The summed E-state index contributed by atoms with van der Waals surface area (Å²) in [5, 5.41) is 9.49. The molecule has 0 bridgehead atoms. The normalized spacial score (nSPS) is 15.4. The lowest BCUT2D eigenvalue weighted by Gasteiger charge is -2.12. The average Bonchev–Trinajstić information content (AvgIpc) is 3.15. The summed E-state index contributed by atoms with van der Waals surface area (Å²) in [5.41, 5.74) is 4.40. The van der Waals surface area contributed by atoms with Crippen molar-refractivity contribution in [2.45, 2.75) is 6.54 Å². The first-order valence-electron chi connectivity index (χ1n) is 6.30. The minimum Gasteiger partial charge on any atom is -0.312 e. The van der Waals surface area contributed by atoms with E-state index in [9.17, 15) is 0 Å². The van der Waals surface area contributed by atoms with Crippen molar-refractivity contribution >= 4 is 5.70 Å². The number of hydrogen-bond donors (Lipinski definition) is 2. The summed E-state index contributed by atoms with van der Waals surface area (Å²) in [6, 6.07) is 3.91. The van der Waals surface area contributed by atoms with Crippen LogP contribution in [0.1, 0.15) is 0 Å². The summed E-state index contributed by atoms with van der Waals surface area (Å²) in [6.45, 7) is 2.45. The van der Waals surface area contributed by atoms with Crippen LogP contribution in [0.25, 0.3) is 5.70 Å². The van der Waals surface area contributed by atoms with Crippen molar-refractivity contribution in [1.29, 1.82) is 0 Å². The van der Waals surface area contributed by atoms with E-state index in [4.69, 9.17) is 0 Å². The number of H-pyrrole nitrogens is 1. The molecule has 0 spiro atoms. The van der Waals surface area contributed by atoms with Gasteiger partial charge in [0.05, 0.1) is 12.7 Å². The fourth-order valence-electron chi connectivity index (χ4n) is 2.00. The van der Waals surface area contributed by atoms with Gasteiger partial charge in [-0.3, -0.25) is 4.68 Å². The van der Waals surface area contributed by atoms with Crippen LogP contribution in [-0.4, -0.2) is 33.0 Å². The lowest BCUT2D eigenvalue weighted by atomic mass is 10.3. The van der Waals surface area contributed by atoms with E-state index in [0.29, 0.717) is 0 Å². The second-order valence-electron chi connectivity index (χ2n) is 4.31. The van der Waals surface area contributed by atoms with Crippen molar-refractivity contribution in [3.05, 3.63) is 55.3 Å². The highest BCUT2D eigenvalue weighted by Crippen LogP contribution is 2.01. The number of nitrogens with one attached hydrogen (secondary N) is 2. The summed E-state index contributed by atoms with van der Waals surface area (Å²) in [5.74, 6) is 0. The van der Waals surface area contributed by atoms with Crippen molar-refractivity contribution < 1.29 is 4.68 Å². The number of aromatic amines is 1. The molecule has 0 radical (unpaired) electrons. The summed E-state index contributed by atoms with van der Waals surface area (Å²) >= 11 is 0. The van der Waals surface area contributed by atoms with Crippen molar-refractivity contribution in [2.24, 2.45) is 0 Å². The van der Waals surface area contributed by atoms with E-state index in [1.165, 1.54) is 0 Å². The quantitative estimate of drug-likeness (QED) is 0.761. The van der Waals surface area contributed by atoms with E-state index in [1.807, 2.05) is 40.1 Å². The maximum atomic E-state index is 4.25. The van der Waals surface area contributed by atoms with Gasteiger partial charge in [0.1, 0.15) is 6.54 Å². The highest BCUT2D eigenvalue weighted by Gasteiger charge is 2.13. The number of allylic oxidation sites excluding steroid dienone is 1. The monoisotopic (exact) mass is 257 g/mol. The Hall–Kier alpha value is -2.34. The summed E-state index contributed by atoms with van der Waals surface area (Å²) < 4.78 is 3.91. The Bertz CT molecular complexity index is 552. The van der Waals surface area contributed by atoms with Crippen LogP contribution in [0.2, 0.25) is 0 Å². The van der Waals surface area contributed by atoms with Gasteiger partial charge >= 0.3 is 0 Å². The van der Waals surface area contributed by atoms with Crippen molar-refractivity contribution in [1.82, 2.24) is 25.3 Å². The standard InChI is InChI=1S/C13H16N6/c1-5-14-17(8-1)11-4-13(19-10-3-7-16-19)12-18-9-2-6-15-18/h1-4,6-10,14H,5,11-12H2/p+1/b13-4+. The molecule has 2 aromatic heterocycles. The molecule has 0 fully saturated rings. The molecule has 2 N–H and O–H groups in total. The highest BCUT2D eigenvalue weighted by atomic mass is 15.5. The Kier molecular flexibility index (Phi) is 3.42. The van der Waals surface area contributed by atoms with E-state index in [0.717, 1.165) is 25.3 Å². The number of nitrogens with zero attached hydrogens (tertiary/aromatic N) is 4. The third-order valence-electron chi connectivity index (χ3n) is 2.96. The van der Waals surface area contributed by atoms with Crippen LogP contribution in [0.5, 0.6) is 0 Å². The van der Waals surface area contributed by atoms with Crippen molar-refractivity contribution in [3.8, 4) is 0 Å². The van der Waals surface area contributed by atoms with Crippen molar-refractivity contribution in [2.75, 3.05) is 13.1 Å². The molecule has 3 rings (SSSR count). The Morgan fingerprint density at radius 1 is 1.42 bits per heavy atom. The zero-order valence-electron chi connectivity index (χ0n) is 10.6. The molecule has 0 atom stereocenters. The highest BCUT2D eigenvalue weighted by molar-refractivity contribution is 5.32. The van der Waals surface area contributed by atoms with Gasteiger partial charge in [-0.1, -0.05) is 10.8 Å². The number of aromatic nitrogens is 4. The van der Waals surface area contributed by atoms with Gasteiger partial charge in [0.15, 0.2) is 0 Å². The van der Waals surface area contributed by atoms with Gasteiger partial charge < -0.3 is 5.01 Å². The molecule has 1 aliphatic heterocycles. The van der Waals surface area contributed by atoms with E-state index in [1.54, 1.807) is 6.20 Å². The van der Waals surface area contributed by atoms with Gasteiger partial charge in [-0.05, 0) is 6.07 Å². The number of hydrogen-bond acceptors (Lipinski definition) is 3. The molecule has 0 aromatic carbocycles. The minimum atomic E-state index is 0.732. The first kappa shape index (κ1) is 11.7. The lowest BCUT2D eigenvalue weighted by molar-refractivity contribution is -0.644. The Labute approximate surface area is 111 Å². The van der Waals surface area contributed by atoms with E-state index in [-0.39, 0.29) is 0 Å². The molecular weight excluding hydrogens is 240 g/mol. The lowest BCUT2D eigenvalue weighted by Crippen LogP contribution is -2.37. The minimum absolute atomic E-state index is 0.732. The molecule has 98 valence electrons. The summed E-state index contributed by atoms with van der Waals surface area (Å²) in [4.78, 5) is 0. The molecule has 6 heteroatoms. The van der Waals surface area contributed by atoms with Crippen LogP contribution < -0.4 is 10.1 Å². The smallest absolute Gasteiger partial charge is 0.231 e. The zero-order chi connectivity index (χ0) is 12.9. The Morgan fingerprint density at radius 2 is 2.42 bits per heavy atom. The largest absolute Gasteiger partial charge is 0.312 e. The molecule has 0 unspecified atom stereocenters. The molecule has 2 aromatic rings. The SMILES string of the molecule is C1=CN(C/C=C(\Cn2cccn2)[n+]2ccc[nH]2)NC1. The third kappa shape index (κ3) is 2.92. The molecule has 3 heterocycles. The molecule has 0 aliphatic carbocycles. The van der Waals surface area contributed by atoms with Crippen molar-refractivity contribution in [3.63, 3.8) is 0 Å². The van der Waals surface area contributed by atoms with Gasteiger partial charge in [0.25, 0.3) is 0 Å². The van der Waals surface area contributed by atoms with Crippen LogP contribution in [-0.2, 0) is 6.54 Å². The Balaban J connectivity index is 1.75. The van der Waals surface area contributed by atoms with Crippen LogP contribution in [0, 0.1) is 0 Å². The number of hydrazine groups is 1. The van der Waals surface area contributed by atoms with Gasteiger partial charge in [-0.2, -0.15) is 10.2 Å². The van der Waals surface area contributed by atoms with Crippen LogP contribution in [0.3, 0.4) is 0 Å². The molecule has 19 heavy (non-hydrogen) atoms.